The highest BCUT2D eigenvalue weighted by Crippen LogP contribution is 2.06. The molecule has 1 rings (SSSR count). The van der Waals surface area contributed by atoms with Gasteiger partial charge in [0, 0.05) is 5.69 Å². The van der Waals surface area contributed by atoms with Crippen molar-refractivity contribution in [2.75, 3.05) is 12.8 Å². The zero-order chi connectivity index (χ0) is 15.1. The number of carbonyl (C=O) groups excluding carboxylic acids is 2. The normalized spacial score (nSPS) is 11.4. The van der Waals surface area contributed by atoms with Gasteiger partial charge in [-0.15, -0.1) is 0 Å². The first kappa shape index (κ1) is 15.5. The lowest BCUT2D eigenvalue weighted by atomic mass is 10.1. The summed E-state index contributed by atoms with van der Waals surface area (Å²) in [4.78, 5) is 33.7. The van der Waals surface area contributed by atoms with Gasteiger partial charge >= 0.3 is 11.9 Å². The average molecular weight is 280 g/mol. The Bertz CT molecular complexity index is 498. The molecule has 0 aromatic heterocycles. The van der Waals surface area contributed by atoms with Gasteiger partial charge in [0.2, 0.25) is 5.91 Å². The van der Waals surface area contributed by atoms with Gasteiger partial charge in [-0.05, 0) is 17.7 Å². The minimum atomic E-state index is -1.30. The quantitative estimate of drug-likeness (QED) is 0.496. The van der Waals surface area contributed by atoms with Crippen LogP contribution in [0.15, 0.2) is 24.3 Å². The van der Waals surface area contributed by atoms with Gasteiger partial charge in [0.25, 0.3) is 0 Å². The fourth-order valence-corrected chi connectivity index (χ4v) is 1.52. The van der Waals surface area contributed by atoms with Crippen molar-refractivity contribution in [2.45, 2.75) is 18.9 Å². The molecule has 7 heteroatoms. The van der Waals surface area contributed by atoms with Gasteiger partial charge < -0.3 is 20.9 Å². The minimum Gasteiger partial charge on any atom is -0.480 e. The number of benzene rings is 1. The van der Waals surface area contributed by atoms with Crippen LogP contribution >= 0.6 is 0 Å². The summed E-state index contributed by atoms with van der Waals surface area (Å²) >= 11 is 0. The number of methoxy groups -OCH3 is 1. The Balaban J connectivity index is 2.60. The van der Waals surface area contributed by atoms with Crippen LogP contribution in [0.1, 0.15) is 12.0 Å². The predicted molar refractivity (Wildman–Crippen MR) is 70.8 cm³/mol. The topological polar surface area (TPSA) is 119 Å². The molecule has 0 aliphatic rings. The Morgan fingerprint density at radius 1 is 1.30 bits per heavy atom. The fourth-order valence-electron chi connectivity index (χ4n) is 1.52. The molecule has 0 fully saturated rings. The van der Waals surface area contributed by atoms with Crippen LogP contribution in [0.5, 0.6) is 0 Å². The molecule has 7 nitrogen and oxygen atoms in total. The lowest BCUT2D eigenvalue weighted by Gasteiger charge is -2.13. The smallest absolute Gasteiger partial charge is 0.326 e. The number of carboxylic acid groups (broad SMARTS) is 1. The molecule has 0 saturated heterocycles. The maximum atomic E-state index is 11.7. The molecule has 0 bridgehead atoms. The Morgan fingerprint density at radius 2 is 1.90 bits per heavy atom. The number of aliphatic carboxylic acids is 1. The molecule has 108 valence electrons. The third-order valence-electron chi connectivity index (χ3n) is 2.58. The second-order valence-electron chi connectivity index (χ2n) is 4.16. The van der Waals surface area contributed by atoms with Crippen LogP contribution in [0.3, 0.4) is 0 Å². The third-order valence-corrected chi connectivity index (χ3v) is 2.58. The molecule has 4 N–H and O–H groups in total. The summed E-state index contributed by atoms with van der Waals surface area (Å²) in [6.45, 7) is 0. The molecule has 1 amide bonds. The number of rotatable bonds is 6. The molecule has 0 aliphatic carbocycles. The molecular formula is C13H16N2O5. The SMILES string of the molecule is COC(=O)C[C@H](NC(=O)Cc1ccc(N)cc1)C(=O)O. The third kappa shape index (κ3) is 4.97. The van der Waals surface area contributed by atoms with Crippen molar-refractivity contribution >= 4 is 23.5 Å². The number of hydrogen-bond acceptors (Lipinski definition) is 5. The number of esters is 1. The van der Waals surface area contributed by atoms with Crippen molar-refractivity contribution in [1.29, 1.82) is 0 Å². The number of amides is 1. The first-order valence-corrected chi connectivity index (χ1v) is 5.85. The maximum absolute atomic E-state index is 11.7. The standard InChI is InChI=1S/C13H16N2O5/c1-20-12(17)7-10(13(18)19)15-11(16)6-8-2-4-9(14)5-3-8/h2-5,10H,6-7,14H2,1H3,(H,15,16)(H,18,19)/t10-/m0/s1. The second kappa shape index (κ2) is 7.13. The summed E-state index contributed by atoms with van der Waals surface area (Å²) in [6.07, 6.45) is -0.412. The number of ether oxygens (including phenoxy) is 1. The molecule has 1 atom stereocenters. The van der Waals surface area contributed by atoms with Gasteiger partial charge in [0.1, 0.15) is 6.04 Å². The van der Waals surface area contributed by atoms with E-state index in [0.29, 0.717) is 11.3 Å². The predicted octanol–water partition coefficient (Wildman–Crippen LogP) is -0.0562. The Kier molecular flexibility index (Phi) is 5.52. The highest BCUT2D eigenvalue weighted by atomic mass is 16.5. The van der Waals surface area contributed by atoms with Crippen molar-refractivity contribution in [3.63, 3.8) is 0 Å². The largest absolute Gasteiger partial charge is 0.480 e. The number of nitrogens with one attached hydrogen (secondary N) is 1. The lowest BCUT2D eigenvalue weighted by molar-refractivity contribution is -0.148. The minimum absolute atomic E-state index is 0.00519. The zero-order valence-electron chi connectivity index (χ0n) is 11.0. The molecule has 0 radical (unpaired) electrons. The molecule has 1 aromatic carbocycles. The second-order valence-corrected chi connectivity index (χ2v) is 4.16. The Morgan fingerprint density at radius 3 is 2.40 bits per heavy atom. The first-order valence-electron chi connectivity index (χ1n) is 5.85. The van der Waals surface area contributed by atoms with E-state index in [1.54, 1.807) is 24.3 Å². The van der Waals surface area contributed by atoms with E-state index < -0.39 is 30.3 Å². The van der Waals surface area contributed by atoms with Crippen molar-refractivity contribution in [3.8, 4) is 0 Å². The highest BCUT2D eigenvalue weighted by Gasteiger charge is 2.23. The van der Waals surface area contributed by atoms with Crippen molar-refractivity contribution in [1.82, 2.24) is 5.32 Å². The summed E-state index contributed by atoms with van der Waals surface area (Å²) in [7, 11) is 1.15. The molecule has 1 aromatic rings. The fraction of sp³-hybridized carbons (Fsp3) is 0.308. The summed E-state index contributed by atoms with van der Waals surface area (Å²) in [5.74, 6) is -2.49. The van der Waals surface area contributed by atoms with Crippen LogP contribution in [0.4, 0.5) is 5.69 Å². The molecule has 0 heterocycles. The van der Waals surface area contributed by atoms with Gasteiger partial charge in [-0.25, -0.2) is 4.79 Å². The maximum Gasteiger partial charge on any atom is 0.326 e. The van der Waals surface area contributed by atoms with Crippen molar-refractivity contribution < 1.29 is 24.2 Å². The van der Waals surface area contributed by atoms with Crippen LogP contribution in [-0.4, -0.2) is 36.1 Å². The molecule has 20 heavy (non-hydrogen) atoms. The zero-order valence-corrected chi connectivity index (χ0v) is 11.0. The number of nitrogen functional groups attached to an aromatic ring is 1. The molecule has 0 spiro atoms. The Hall–Kier alpha value is -2.57. The van der Waals surface area contributed by atoms with Gasteiger partial charge in [-0.1, -0.05) is 12.1 Å². The van der Waals surface area contributed by atoms with E-state index in [2.05, 4.69) is 10.1 Å². The summed E-state index contributed by atoms with van der Waals surface area (Å²) in [5.41, 5.74) is 6.78. The number of carboxylic acids is 1. The van der Waals surface area contributed by atoms with E-state index in [0.717, 1.165) is 7.11 Å². The number of carbonyl (C=O) groups is 3. The van der Waals surface area contributed by atoms with Crippen LogP contribution in [0, 0.1) is 0 Å². The van der Waals surface area contributed by atoms with Gasteiger partial charge in [0.15, 0.2) is 0 Å². The van der Waals surface area contributed by atoms with Crippen LogP contribution in [0.25, 0.3) is 0 Å². The monoisotopic (exact) mass is 280 g/mol. The van der Waals surface area contributed by atoms with E-state index >= 15 is 0 Å². The van der Waals surface area contributed by atoms with Gasteiger partial charge in [0.05, 0.1) is 20.0 Å². The number of hydrogen-bond donors (Lipinski definition) is 3. The van der Waals surface area contributed by atoms with Crippen LogP contribution in [0.2, 0.25) is 0 Å². The Labute approximate surface area is 115 Å². The molecule has 0 saturated carbocycles. The van der Waals surface area contributed by atoms with Crippen molar-refractivity contribution in [2.24, 2.45) is 0 Å². The first-order chi connectivity index (χ1) is 9.42. The number of anilines is 1. The van der Waals surface area contributed by atoms with E-state index in [9.17, 15) is 14.4 Å². The van der Waals surface area contributed by atoms with E-state index in [-0.39, 0.29) is 6.42 Å². The van der Waals surface area contributed by atoms with E-state index in [4.69, 9.17) is 10.8 Å². The van der Waals surface area contributed by atoms with Crippen molar-refractivity contribution in [3.05, 3.63) is 29.8 Å². The average Bonchev–Trinajstić information content (AvgIpc) is 2.40. The molecular weight excluding hydrogens is 264 g/mol. The lowest BCUT2D eigenvalue weighted by Crippen LogP contribution is -2.43. The number of nitrogens with two attached hydrogens (primary N) is 1. The summed E-state index contributed by atoms with van der Waals surface area (Å²) in [5, 5.41) is 11.2. The highest BCUT2D eigenvalue weighted by molar-refractivity contribution is 5.88. The van der Waals surface area contributed by atoms with Crippen LogP contribution in [-0.2, 0) is 25.5 Å². The van der Waals surface area contributed by atoms with Gasteiger partial charge in [-0.2, -0.15) is 0 Å². The molecule has 0 unspecified atom stereocenters. The van der Waals surface area contributed by atoms with E-state index in [1.807, 2.05) is 0 Å². The van der Waals surface area contributed by atoms with Crippen LogP contribution < -0.4 is 11.1 Å². The summed E-state index contributed by atoms with van der Waals surface area (Å²) in [6, 6.07) is 5.33. The summed E-state index contributed by atoms with van der Waals surface area (Å²) < 4.78 is 4.38. The molecule has 0 aliphatic heterocycles. The van der Waals surface area contributed by atoms with E-state index in [1.165, 1.54) is 0 Å². The van der Waals surface area contributed by atoms with Gasteiger partial charge in [-0.3, -0.25) is 9.59 Å².